The summed E-state index contributed by atoms with van der Waals surface area (Å²) in [4.78, 5) is 7.21. The summed E-state index contributed by atoms with van der Waals surface area (Å²) in [5.41, 5.74) is 7.07. The predicted octanol–water partition coefficient (Wildman–Crippen LogP) is 3.09. The minimum atomic E-state index is -3.63. The number of ether oxygens (including phenoxy) is 1. The first-order chi connectivity index (χ1) is 17.2. The fraction of sp³-hybridized carbons (Fsp3) is 0.577. The number of nitrogens with zero attached hydrogens (tertiary/aromatic N) is 4. The number of hydrogen-bond donors (Lipinski definition) is 2. The van der Waals surface area contributed by atoms with Gasteiger partial charge in [-0.25, -0.2) is 13.4 Å². The van der Waals surface area contributed by atoms with Crippen molar-refractivity contribution in [3.05, 3.63) is 47.1 Å². The van der Waals surface area contributed by atoms with Gasteiger partial charge in [0.25, 0.3) is 0 Å². The van der Waals surface area contributed by atoms with E-state index in [1.54, 1.807) is 22.5 Å². The summed E-state index contributed by atoms with van der Waals surface area (Å²) in [5.74, 6) is 1.73. The molecule has 3 aliphatic heterocycles. The molecular formula is C26H40N6O3S. The molecule has 0 unspecified atom stereocenters. The van der Waals surface area contributed by atoms with Gasteiger partial charge in [0.15, 0.2) is 0 Å². The van der Waals surface area contributed by atoms with Crippen LogP contribution < -0.4 is 15.5 Å². The van der Waals surface area contributed by atoms with Gasteiger partial charge in [-0.3, -0.25) is 5.01 Å². The molecule has 0 atom stereocenters. The Hall–Kier alpha value is -2.56. The van der Waals surface area contributed by atoms with E-state index in [-0.39, 0.29) is 4.90 Å². The summed E-state index contributed by atoms with van der Waals surface area (Å²) in [5, 5.41) is 5.42. The molecule has 10 heteroatoms. The second-order valence-electron chi connectivity index (χ2n) is 9.92. The summed E-state index contributed by atoms with van der Waals surface area (Å²) >= 11 is 0. The van der Waals surface area contributed by atoms with E-state index in [9.17, 15) is 8.42 Å². The van der Waals surface area contributed by atoms with Crippen molar-refractivity contribution in [2.75, 3.05) is 46.4 Å². The summed E-state index contributed by atoms with van der Waals surface area (Å²) in [6.45, 7) is 12.5. The lowest BCUT2D eigenvalue weighted by Gasteiger charge is -2.33. The quantitative estimate of drug-likeness (QED) is 0.494. The number of aliphatic imine (C=N–C) groups is 1. The van der Waals surface area contributed by atoms with E-state index < -0.39 is 10.0 Å². The normalized spacial score (nSPS) is 19.1. The molecule has 0 radical (unpaired) electrons. The van der Waals surface area contributed by atoms with Crippen LogP contribution >= 0.6 is 0 Å². The first-order valence-corrected chi connectivity index (χ1v) is 14.5. The average Bonchev–Trinajstić information content (AvgIpc) is 3.18. The molecule has 1 aromatic carbocycles. The molecule has 9 nitrogen and oxygen atoms in total. The van der Waals surface area contributed by atoms with E-state index in [1.165, 1.54) is 0 Å². The Kier molecular flexibility index (Phi) is 8.27. The smallest absolute Gasteiger partial charge is 0.243 e. The zero-order valence-corrected chi connectivity index (χ0v) is 23.0. The third-order valence-electron chi connectivity index (χ3n) is 6.86. The predicted molar refractivity (Wildman–Crippen MR) is 143 cm³/mol. The van der Waals surface area contributed by atoms with Crippen LogP contribution in [0.15, 0.2) is 51.4 Å². The van der Waals surface area contributed by atoms with Gasteiger partial charge in [0.2, 0.25) is 10.0 Å². The molecule has 36 heavy (non-hydrogen) atoms. The number of hydrazine groups is 1. The van der Waals surface area contributed by atoms with E-state index >= 15 is 0 Å². The number of allylic oxidation sites excluding steroid dienone is 1. The highest BCUT2D eigenvalue weighted by atomic mass is 32.2. The van der Waals surface area contributed by atoms with Crippen molar-refractivity contribution >= 4 is 15.9 Å². The first kappa shape index (κ1) is 26.5. The van der Waals surface area contributed by atoms with Crippen LogP contribution in [0.3, 0.4) is 0 Å². The molecule has 0 spiro atoms. The monoisotopic (exact) mass is 516 g/mol. The topological polar surface area (TPSA) is 89.5 Å². The zero-order valence-electron chi connectivity index (χ0n) is 22.2. The van der Waals surface area contributed by atoms with Gasteiger partial charge in [-0.05, 0) is 43.5 Å². The Bertz CT molecular complexity index is 1150. The molecule has 198 valence electrons. The lowest BCUT2D eigenvalue weighted by molar-refractivity contribution is 0.196. The Balaban J connectivity index is 1.68. The molecule has 1 aromatic rings. The highest BCUT2D eigenvalue weighted by Gasteiger charge is 2.31. The molecule has 0 amide bonds. The number of hydrogen-bond acceptors (Lipinski definition) is 8. The molecule has 0 aliphatic carbocycles. The molecule has 1 fully saturated rings. The number of nitrogens with one attached hydrogen (secondary N) is 2. The van der Waals surface area contributed by atoms with Crippen LogP contribution in [0.2, 0.25) is 0 Å². The van der Waals surface area contributed by atoms with Gasteiger partial charge >= 0.3 is 0 Å². The van der Waals surface area contributed by atoms with Crippen LogP contribution in [-0.4, -0.2) is 74.8 Å². The number of fused-ring (bicyclic) bond motifs is 1. The first-order valence-electron chi connectivity index (χ1n) is 13.0. The van der Waals surface area contributed by atoms with Gasteiger partial charge in [0.1, 0.15) is 17.3 Å². The third kappa shape index (κ3) is 5.55. The van der Waals surface area contributed by atoms with E-state index in [0.29, 0.717) is 42.8 Å². The maximum atomic E-state index is 13.6. The molecule has 0 saturated carbocycles. The van der Waals surface area contributed by atoms with Crippen molar-refractivity contribution in [1.29, 1.82) is 0 Å². The molecule has 3 aliphatic rings. The van der Waals surface area contributed by atoms with Crippen LogP contribution in [0.4, 0.5) is 0 Å². The summed E-state index contributed by atoms with van der Waals surface area (Å²) in [7, 11) is -1.67. The van der Waals surface area contributed by atoms with E-state index in [0.717, 1.165) is 56.0 Å². The van der Waals surface area contributed by atoms with Gasteiger partial charge in [-0.2, -0.15) is 4.31 Å². The highest BCUT2D eigenvalue weighted by molar-refractivity contribution is 7.89. The Labute approximate surface area is 215 Å². The number of sulfonamides is 1. The van der Waals surface area contributed by atoms with Crippen LogP contribution in [0.1, 0.15) is 52.5 Å². The Morgan fingerprint density at radius 1 is 1.14 bits per heavy atom. The fourth-order valence-electron chi connectivity index (χ4n) is 4.60. The van der Waals surface area contributed by atoms with Crippen molar-refractivity contribution in [3.8, 4) is 5.75 Å². The highest BCUT2D eigenvalue weighted by Crippen LogP contribution is 2.31. The molecule has 2 N–H and O–H groups in total. The van der Waals surface area contributed by atoms with Gasteiger partial charge in [0.05, 0.1) is 34.7 Å². The number of rotatable bonds is 10. The van der Waals surface area contributed by atoms with Gasteiger partial charge in [0, 0.05) is 33.2 Å². The molecule has 0 bridgehead atoms. The van der Waals surface area contributed by atoms with E-state index in [2.05, 4.69) is 48.3 Å². The number of piperazine rings is 1. The van der Waals surface area contributed by atoms with Gasteiger partial charge in [-0.15, -0.1) is 0 Å². The molecule has 1 saturated heterocycles. The average molecular weight is 517 g/mol. The molecule has 4 rings (SSSR count). The SMILES string of the molecule is CCCC1=C2NC(c3cc(S(=O)(=O)N4CCN(CC)CC4)ccc3OCCC(C)C)=NC=C2N(C)N1. The number of likely N-dealkylation sites (N-methyl/N-ethyl adjacent to an activating group) is 2. The Morgan fingerprint density at radius 3 is 2.56 bits per heavy atom. The van der Waals surface area contributed by atoms with Crippen molar-refractivity contribution in [2.45, 2.75) is 51.9 Å². The fourth-order valence-corrected chi connectivity index (χ4v) is 6.04. The number of benzene rings is 1. The third-order valence-corrected chi connectivity index (χ3v) is 8.75. The summed E-state index contributed by atoms with van der Waals surface area (Å²) in [6, 6.07) is 5.14. The Morgan fingerprint density at radius 2 is 1.89 bits per heavy atom. The van der Waals surface area contributed by atoms with Crippen molar-refractivity contribution < 1.29 is 13.2 Å². The van der Waals surface area contributed by atoms with Crippen LogP contribution in [0, 0.1) is 5.92 Å². The van der Waals surface area contributed by atoms with Crippen LogP contribution in [0.25, 0.3) is 0 Å². The maximum absolute atomic E-state index is 13.6. The molecule has 0 aromatic heterocycles. The molecule has 3 heterocycles. The zero-order chi connectivity index (χ0) is 25.9. The summed E-state index contributed by atoms with van der Waals surface area (Å²) < 4.78 is 34.9. The minimum absolute atomic E-state index is 0.266. The maximum Gasteiger partial charge on any atom is 0.243 e. The van der Waals surface area contributed by atoms with Gasteiger partial charge in [-0.1, -0.05) is 34.1 Å². The second kappa shape index (κ2) is 11.2. The van der Waals surface area contributed by atoms with E-state index in [1.807, 2.05) is 18.3 Å². The standard InChI is InChI=1S/C26H40N6O3S/c1-6-8-22-25-23(30(5)29-22)18-27-26(28-25)21-17-20(9-10-24(21)35-16-11-19(3)4)36(33,34)32-14-12-31(7-2)13-15-32/h9-10,17-19,29H,6-8,11-16H2,1-5H3,(H,27,28). The van der Waals surface area contributed by atoms with Crippen molar-refractivity contribution in [2.24, 2.45) is 10.9 Å². The molecular weight excluding hydrogens is 476 g/mol. The largest absolute Gasteiger partial charge is 0.493 e. The lowest BCUT2D eigenvalue weighted by atomic mass is 10.1. The second-order valence-corrected chi connectivity index (χ2v) is 11.9. The van der Waals surface area contributed by atoms with Crippen molar-refractivity contribution in [1.82, 2.24) is 25.0 Å². The van der Waals surface area contributed by atoms with Crippen LogP contribution in [-0.2, 0) is 10.0 Å². The summed E-state index contributed by atoms with van der Waals surface area (Å²) in [6.07, 6.45) is 4.63. The lowest BCUT2D eigenvalue weighted by Crippen LogP contribution is -2.48. The number of amidine groups is 1. The minimum Gasteiger partial charge on any atom is -0.493 e. The van der Waals surface area contributed by atoms with E-state index in [4.69, 9.17) is 4.74 Å². The van der Waals surface area contributed by atoms with Crippen LogP contribution in [0.5, 0.6) is 5.75 Å². The van der Waals surface area contributed by atoms with Gasteiger partial charge < -0.3 is 20.4 Å². The van der Waals surface area contributed by atoms with Crippen molar-refractivity contribution in [3.63, 3.8) is 0 Å².